The zero-order valence-corrected chi connectivity index (χ0v) is 26.6. The molecule has 0 bridgehead atoms. The van der Waals surface area contributed by atoms with Gasteiger partial charge in [0, 0.05) is 39.6 Å². The van der Waals surface area contributed by atoms with Crippen molar-refractivity contribution in [3.8, 4) is 0 Å². The van der Waals surface area contributed by atoms with Gasteiger partial charge < -0.3 is 34.4 Å². The number of carboxylic acids is 1. The van der Waals surface area contributed by atoms with Gasteiger partial charge in [0.25, 0.3) is 0 Å². The van der Waals surface area contributed by atoms with Crippen LogP contribution in [0.4, 0.5) is 9.59 Å². The summed E-state index contributed by atoms with van der Waals surface area (Å²) in [6, 6.07) is 7.00. The van der Waals surface area contributed by atoms with Crippen LogP contribution in [0, 0.1) is 5.92 Å². The van der Waals surface area contributed by atoms with Gasteiger partial charge in [-0.1, -0.05) is 44.2 Å². The van der Waals surface area contributed by atoms with Crippen molar-refractivity contribution in [2.75, 3.05) is 46.9 Å². The van der Waals surface area contributed by atoms with E-state index in [2.05, 4.69) is 5.32 Å². The molecule has 0 unspecified atom stereocenters. The molecule has 3 atom stereocenters. The third-order valence-corrected chi connectivity index (χ3v) is 6.49. The second-order valence-electron chi connectivity index (χ2n) is 11.4. The molecular formula is C30H48N4O9. The summed E-state index contributed by atoms with van der Waals surface area (Å²) < 4.78 is 16.0. The Hall–Kier alpha value is -3.87. The minimum atomic E-state index is -1.27. The van der Waals surface area contributed by atoms with Crippen LogP contribution in [-0.4, -0.2) is 114 Å². The highest BCUT2D eigenvalue weighted by Gasteiger charge is 2.36. The Kier molecular flexibility index (Phi) is 15.5. The molecule has 0 spiro atoms. The van der Waals surface area contributed by atoms with E-state index in [0.717, 1.165) is 15.4 Å². The Morgan fingerprint density at radius 3 is 2.16 bits per heavy atom. The molecule has 4 amide bonds. The number of carboxylic acid groups (broad SMARTS) is 1. The number of aliphatic carboxylic acids is 1. The molecule has 1 aromatic rings. The van der Waals surface area contributed by atoms with E-state index in [1.54, 1.807) is 32.6 Å². The zero-order chi connectivity index (χ0) is 32.7. The first-order valence-corrected chi connectivity index (χ1v) is 14.3. The molecule has 13 heteroatoms. The second-order valence-corrected chi connectivity index (χ2v) is 11.4. The summed E-state index contributed by atoms with van der Waals surface area (Å²) in [5.41, 5.74) is 0.0972. The van der Waals surface area contributed by atoms with Crippen LogP contribution in [0.25, 0.3) is 0 Å². The quantitative estimate of drug-likeness (QED) is 0.288. The van der Waals surface area contributed by atoms with Crippen LogP contribution in [0.15, 0.2) is 30.3 Å². The summed E-state index contributed by atoms with van der Waals surface area (Å²) in [6.07, 6.45) is -0.618. The molecule has 2 N–H and O–H groups in total. The minimum Gasteiger partial charge on any atom is -0.480 e. The lowest BCUT2D eigenvalue weighted by molar-refractivity contribution is -0.154. The van der Waals surface area contributed by atoms with Crippen molar-refractivity contribution in [3.63, 3.8) is 0 Å². The average Bonchev–Trinajstić information content (AvgIpc) is 2.93. The van der Waals surface area contributed by atoms with Gasteiger partial charge in [0.1, 0.15) is 30.9 Å². The maximum Gasteiger partial charge on any atom is 0.410 e. The van der Waals surface area contributed by atoms with E-state index < -0.39 is 47.7 Å². The topological polar surface area (TPSA) is 155 Å². The predicted octanol–water partition coefficient (Wildman–Crippen LogP) is 2.97. The molecule has 1 rings (SSSR count). The molecule has 1 aromatic carbocycles. The normalized spacial score (nSPS) is 13.2. The first kappa shape index (κ1) is 37.2. The number of nitrogens with one attached hydrogen (secondary N) is 1. The van der Waals surface area contributed by atoms with E-state index >= 15 is 0 Å². The maximum atomic E-state index is 13.1. The van der Waals surface area contributed by atoms with Crippen LogP contribution < -0.4 is 5.32 Å². The standard InChI is InChI=1S/C30H48N4O9/c1-9-16-34(17-15-31-28(39)42-19-23-13-11-10-12-14-23)24(35)20-41-18-21(2)25(27(37)38)33(8)26(36)22(3)32(7)29(40)43-30(4,5)6/h10-14,21-22,25H,9,15-20H2,1-8H3,(H,31,39)(H,37,38)/t21-,22-,25+/m1/s1. The summed E-state index contributed by atoms with van der Waals surface area (Å²) >= 11 is 0. The fraction of sp³-hybridized carbons (Fsp3) is 0.633. The van der Waals surface area contributed by atoms with E-state index in [1.165, 1.54) is 21.0 Å². The van der Waals surface area contributed by atoms with Crippen molar-refractivity contribution in [2.24, 2.45) is 5.92 Å². The first-order valence-electron chi connectivity index (χ1n) is 14.3. The highest BCUT2D eigenvalue weighted by molar-refractivity contribution is 5.89. The summed E-state index contributed by atoms with van der Waals surface area (Å²) in [7, 11) is 2.76. The molecule has 13 nitrogen and oxygen atoms in total. The number of likely N-dealkylation sites (N-methyl/N-ethyl adjacent to an activating group) is 2. The molecule has 0 aliphatic rings. The van der Waals surface area contributed by atoms with Crippen LogP contribution in [0.1, 0.15) is 53.5 Å². The predicted molar refractivity (Wildman–Crippen MR) is 159 cm³/mol. The van der Waals surface area contributed by atoms with Crippen LogP contribution in [0.2, 0.25) is 0 Å². The monoisotopic (exact) mass is 608 g/mol. The van der Waals surface area contributed by atoms with Crippen molar-refractivity contribution in [1.82, 2.24) is 20.0 Å². The number of carbonyl (C=O) groups is 5. The lowest BCUT2D eigenvalue weighted by Gasteiger charge is -2.34. The number of ether oxygens (including phenoxy) is 3. The molecule has 0 heterocycles. The van der Waals surface area contributed by atoms with Crippen molar-refractivity contribution < 1.29 is 43.3 Å². The molecular weight excluding hydrogens is 560 g/mol. The van der Waals surface area contributed by atoms with Crippen molar-refractivity contribution in [1.29, 1.82) is 0 Å². The molecule has 0 fully saturated rings. The Bertz CT molecular complexity index is 1060. The number of amides is 4. The fourth-order valence-electron chi connectivity index (χ4n) is 4.09. The number of nitrogens with zero attached hydrogens (tertiary/aromatic N) is 3. The zero-order valence-electron chi connectivity index (χ0n) is 26.6. The molecule has 0 aromatic heterocycles. The number of hydrogen-bond donors (Lipinski definition) is 2. The molecule has 0 aliphatic heterocycles. The number of hydrogen-bond acceptors (Lipinski definition) is 8. The molecule has 0 saturated carbocycles. The highest BCUT2D eigenvalue weighted by atomic mass is 16.6. The van der Waals surface area contributed by atoms with E-state index in [9.17, 15) is 29.1 Å². The lowest BCUT2D eigenvalue weighted by Crippen LogP contribution is -2.54. The van der Waals surface area contributed by atoms with E-state index in [4.69, 9.17) is 14.2 Å². The Morgan fingerprint density at radius 2 is 1.60 bits per heavy atom. The van der Waals surface area contributed by atoms with Crippen LogP contribution in [0.3, 0.4) is 0 Å². The van der Waals surface area contributed by atoms with Crippen molar-refractivity contribution in [3.05, 3.63) is 35.9 Å². The lowest BCUT2D eigenvalue weighted by atomic mass is 10.0. The van der Waals surface area contributed by atoms with Gasteiger partial charge in [0.05, 0.1) is 6.61 Å². The van der Waals surface area contributed by atoms with Crippen LogP contribution in [-0.2, 0) is 35.2 Å². The molecule has 0 aliphatic carbocycles. The van der Waals surface area contributed by atoms with Gasteiger partial charge in [-0.25, -0.2) is 14.4 Å². The Balaban J connectivity index is 2.62. The fourth-order valence-corrected chi connectivity index (χ4v) is 4.09. The third kappa shape index (κ3) is 13.3. The van der Waals surface area contributed by atoms with Gasteiger partial charge in [0.2, 0.25) is 11.8 Å². The van der Waals surface area contributed by atoms with E-state index in [-0.39, 0.29) is 38.8 Å². The minimum absolute atomic E-state index is 0.110. The van der Waals surface area contributed by atoms with Crippen LogP contribution >= 0.6 is 0 Å². The molecule has 242 valence electrons. The number of rotatable bonds is 16. The molecule has 43 heavy (non-hydrogen) atoms. The SMILES string of the molecule is CCCN(CCNC(=O)OCc1ccccc1)C(=O)COC[C@@H](C)[C@@H](C(=O)O)N(C)C(=O)[C@@H](C)N(C)C(=O)OC(C)(C)C. The van der Waals surface area contributed by atoms with Gasteiger partial charge in [-0.05, 0) is 39.7 Å². The largest absolute Gasteiger partial charge is 0.480 e. The number of alkyl carbamates (subject to hydrolysis) is 1. The summed E-state index contributed by atoms with van der Waals surface area (Å²) in [6.45, 7) is 10.7. The summed E-state index contributed by atoms with van der Waals surface area (Å²) in [4.78, 5) is 66.1. The second kappa shape index (κ2) is 17.9. The van der Waals surface area contributed by atoms with Crippen molar-refractivity contribution >= 4 is 30.0 Å². The summed E-state index contributed by atoms with van der Waals surface area (Å²) in [5.74, 6) is -2.84. The average molecular weight is 609 g/mol. The molecule has 0 radical (unpaired) electrons. The van der Waals surface area contributed by atoms with Gasteiger partial charge in [-0.15, -0.1) is 0 Å². The Morgan fingerprint density at radius 1 is 0.977 bits per heavy atom. The maximum absolute atomic E-state index is 13.1. The van der Waals surface area contributed by atoms with E-state index in [0.29, 0.717) is 13.0 Å². The highest BCUT2D eigenvalue weighted by Crippen LogP contribution is 2.16. The summed E-state index contributed by atoms with van der Waals surface area (Å²) in [5, 5.41) is 12.5. The van der Waals surface area contributed by atoms with Gasteiger partial charge in [-0.3, -0.25) is 14.5 Å². The Labute approximate surface area is 254 Å². The van der Waals surface area contributed by atoms with Crippen LogP contribution in [0.5, 0.6) is 0 Å². The van der Waals surface area contributed by atoms with Gasteiger partial charge in [-0.2, -0.15) is 0 Å². The van der Waals surface area contributed by atoms with E-state index in [1.807, 2.05) is 37.3 Å². The smallest absolute Gasteiger partial charge is 0.410 e. The molecule has 0 saturated heterocycles. The van der Waals surface area contributed by atoms with Crippen molar-refractivity contribution in [2.45, 2.75) is 72.3 Å². The van der Waals surface area contributed by atoms with Gasteiger partial charge >= 0.3 is 18.2 Å². The first-order chi connectivity index (χ1) is 20.1. The number of benzene rings is 1. The third-order valence-electron chi connectivity index (χ3n) is 6.49. The van der Waals surface area contributed by atoms with Gasteiger partial charge in [0.15, 0.2) is 0 Å². The number of carbonyl (C=O) groups excluding carboxylic acids is 4.